The van der Waals surface area contributed by atoms with Crippen molar-refractivity contribution in [3.05, 3.63) is 51.9 Å². The maximum absolute atomic E-state index is 12.9. The summed E-state index contributed by atoms with van der Waals surface area (Å²) in [6.07, 6.45) is 0.847. The van der Waals surface area contributed by atoms with Crippen molar-refractivity contribution in [3.8, 4) is 0 Å². The molecule has 0 radical (unpaired) electrons. The third-order valence-corrected chi connectivity index (χ3v) is 4.89. The van der Waals surface area contributed by atoms with Gasteiger partial charge in [0.1, 0.15) is 6.54 Å². The van der Waals surface area contributed by atoms with Crippen LogP contribution in [0.25, 0.3) is 0 Å². The molecule has 1 aromatic carbocycles. The van der Waals surface area contributed by atoms with Crippen molar-refractivity contribution in [1.29, 1.82) is 0 Å². The molecule has 0 N–H and O–H groups in total. The highest BCUT2D eigenvalue weighted by atomic mass is 16.5. The molecule has 1 amide bonds. The van der Waals surface area contributed by atoms with Crippen LogP contribution >= 0.6 is 0 Å². The number of morpholine rings is 1. The summed E-state index contributed by atoms with van der Waals surface area (Å²) >= 11 is 0. The Labute approximate surface area is 151 Å². The molecule has 26 heavy (non-hydrogen) atoms. The number of amides is 1. The third-order valence-electron chi connectivity index (χ3n) is 4.89. The fraction of sp³-hybridized carbons (Fsp3) is 0.421. The van der Waals surface area contributed by atoms with E-state index in [2.05, 4.69) is 4.98 Å². The molecule has 2 aliphatic rings. The van der Waals surface area contributed by atoms with Crippen LogP contribution in [-0.4, -0.2) is 48.3 Å². The van der Waals surface area contributed by atoms with E-state index in [1.165, 1.54) is 16.2 Å². The molecule has 136 valence electrons. The Bertz CT molecular complexity index is 887. The van der Waals surface area contributed by atoms with Crippen LogP contribution in [0.2, 0.25) is 0 Å². The van der Waals surface area contributed by atoms with Crippen LogP contribution in [0, 0.1) is 6.92 Å². The number of rotatable bonds is 3. The molecule has 1 saturated heterocycles. The van der Waals surface area contributed by atoms with E-state index in [-0.39, 0.29) is 18.0 Å². The molecule has 1 fully saturated rings. The predicted molar refractivity (Wildman–Crippen MR) is 98.8 cm³/mol. The molecule has 0 unspecified atom stereocenters. The molecule has 0 saturated carbocycles. The van der Waals surface area contributed by atoms with Gasteiger partial charge in [0.05, 0.1) is 13.2 Å². The monoisotopic (exact) mass is 354 g/mol. The number of aromatic nitrogens is 2. The second-order valence-electron chi connectivity index (χ2n) is 6.65. The summed E-state index contributed by atoms with van der Waals surface area (Å²) in [5, 5.41) is 0. The minimum absolute atomic E-state index is 0.00681. The van der Waals surface area contributed by atoms with Gasteiger partial charge in [-0.25, -0.2) is 4.98 Å². The summed E-state index contributed by atoms with van der Waals surface area (Å²) in [4.78, 5) is 33.9. The second-order valence-corrected chi connectivity index (χ2v) is 6.65. The fourth-order valence-corrected chi connectivity index (χ4v) is 3.58. The van der Waals surface area contributed by atoms with Crippen LogP contribution in [-0.2, 0) is 22.5 Å². The predicted octanol–water partition coefficient (Wildman–Crippen LogP) is 0.978. The van der Waals surface area contributed by atoms with Gasteiger partial charge >= 0.3 is 0 Å². The number of anilines is 2. The Kier molecular flexibility index (Phi) is 4.46. The van der Waals surface area contributed by atoms with Gasteiger partial charge in [0, 0.05) is 37.1 Å². The van der Waals surface area contributed by atoms with Crippen molar-refractivity contribution in [1.82, 2.24) is 9.55 Å². The van der Waals surface area contributed by atoms with Gasteiger partial charge < -0.3 is 14.5 Å². The summed E-state index contributed by atoms with van der Waals surface area (Å²) < 4.78 is 6.88. The Morgan fingerprint density at radius 2 is 1.96 bits per heavy atom. The second kappa shape index (κ2) is 6.92. The highest BCUT2D eigenvalue weighted by Crippen LogP contribution is 2.27. The standard InChI is InChI=1S/C19H22N4O3/c1-14-12-17(24)23(19(20-14)21-8-10-26-11-9-21)13-18(25)22-7-6-15-4-2-3-5-16(15)22/h2-5,12H,6-11,13H2,1H3. The summed E-state index contributed by atoms with van der Waals surface area (Å²) in [5.74, 6) is 0.469. The van der Waals surface area contributed by atoms with Gasteiger partial charge in [0.15, 0.2) is 0 Å². The lowest BCUT2D eigenvalue weighted by Gasteiger charge is -2.30. The average molecular weight is 354 g/mol. The van der Waals surface area contributed by atoms with Crippen molar-refractivity contribution >= 4 is 17.5 Å². The van der Waals surface area contributed by atoms with E-state index in [4.69, 9.17) is 4.74 Å². The maximum atomic E-state index is 12.9. The number of carbonyl (C=O) groups excluding carboxylic acids is 1. The first-order valence-corrected chi connectivity index (χ1v) is 8.93. The normalized spacial score (nSPS) is 16.7. The zero-order valence-electron chi connectivity index (χ0n) is 14.9. The van der Waals surface area contributed by atoms with Crippen molar-refractivity contribution in [3.63, 3.8) is 0 Å². The Morgan fingerprint density at radius 3 is 2.77 bits per heavy atom. The minimum atomic E-state index is -0.195. The van der Waals surface area contributed by atoms with E-state index >= 15 is 0 Å². The highest BCUT2D eigenvalue weighted by Gasteiger charge is 2.26. The molecular formula is C19H22N4O3. The van der Waals surface area contributed by atoms with E-state index in [0.29, 0.717) is 44.5 Å². The fourth-order valence-electron chi connectivity index (χ4n) is 3.58. The van der Waals surface area contributed by atoms with Crippen LogP contribution in [0.3, 0.4) is 0 Å². The van der Waals surface area contributed by atoms with Crippen LogP contribution in [0.1, 0.15) is 11.3 Å². The molecule has 3 heterocycles. The number of nitrogens with zero attached hydrogens (tertiary/aromatic N) is 4. The zero-order chi connectivity index (χ0) is 18.1. The smallest absolute Gasteiger partial charge is 0.255 e. The molecule has 2 aromatic rings. The molecule has 0 aliphatic carbocycles. The lowest BCUT2D eigenvalue weighted by atomic mass is 10.2. The molecule has 1 aromatic heterocycles. The maximum Gasteiger partial charge on any atom is 0.255 e. The SMILES string of the molecule is Cc1cc(=O)n(CC(=O)N2CCc3ccccc32)c(N2CCOCC2)n1. The molecular weight excluding hydrogens is 332 g/mol. The number of hydrogen-bond donors (Lipinski definition) is 0. The van der Waals surface area contributed by atoms with Crippen molar-refractivity contribution in [2.24, 2.45) is 0 Å². The summed E-state index contributed by atoms with van der Waals surface area (Å²) in [6.45, 7) is 4.96. The number of carbonyl (C=O) groups is 1. The first-order valence-electron chi connectivity index (χ1n) is 8.93. The van der Waals surface area contributed by atoms with Crippen molar-refractivity contribution in [2.45, 2.75) is 19.9 Å². The summed E-state index contributed by atoms with van der Waals surface area (Å²) in [6, 6.07) is 9.40. The molecule has 0 spiro atoms. The van der Waals surface area contributed by atoms with Crippen molar-refractivity contribution < 1.29 is 9.53 Å². The topological polar surface area (TPSA) is 67.7 Å². The van der Waals surface area contributed by atoms with Gasteiger partial charge in [-0.3, -0.25) is 14.2 Å². The van der Waals surface area contributed by atoms with Gasteiger partial charge in [-0.2, -0.15) is 0 Å². The molecule has 0 bridgehead atoms. The number of para-hydroxylation sites is 1. The van der Waals surface area contributed by atoms with Gasteiger partial charge in [0.2, 0.25) is 11.9 Å². The van der Waals surface area contributed by atoms with E-state index in [1.54, 1.807) is 11.8 Å². The lowest BCUT2D eigenvalue weighted by molar-refractivity contribution is -0.119. The molecule has 4 rings (SSSR count). The van der Waals surface area contributed by atoms with E-state index < -0.39 is 0 Å². The number of aryl methyl sites for hydroxylation is 1. The van der Waals surface area contributed by atoms with E-state index in [1.807, 2.05) is 29.2 Å². The lowest BCUT2D eigenvalue weighted by Crippen LogP contribution is -2.43. The molecule has 2 aliphatic heterocycles. The Balaban J connectivity index is 1.64. The number of benzene rings is 1. The van der Waals surface area contributed by atoms with E-state index in [9.17, 15) is 9.59 Å². The van der Waals surface area contributed by atoms with Gasteiger partial charge in [-0.15, -0.1) is 0 Å². The van der Waals surface area contributed by atoms with Crippen LogP contribution < -0.4 is 15.4 Å². The third kappa shape index (κ3) is 3.10. The average Bonchev–Trinajstić information content (AvgIpc) is 3.08. The number of fused-ring (bicyclic) bond motifs is 1. The van der Waals surface area contributed by atoms with Crippen LogP contribution in [0.15, 0.2) is 35.1 Å². The number of hydrogen-bond acceptors (Lipinski definition) is 5. The van der Waals surface area contributed by atoms with Crippen LogP contribution in [0.5, 0.6) is 0 Å². The Hall–Kier alpha value is -2.67. The molecule has 7 heteroatoms. The minimum Gasteiger partial charge on any atom is -0.378 e. The van der Waals surface area contributed by atoms with Crippen molar-refractivity contribution in [2.75, 3.05) is 42.6 Å². The largest absolute Gasteiger partial charge is 0.378 e. The summed E-state index contributed by atoms with van der Waals surface area (Å²) in [5.41, 5.74) is 2.58. The van der Waals surface area contributed by atoms with E-state index in [0.717, 1.165) is 12.1 Å². The number of ether oxygens (including phenoxy) is 1. The highest BCUT2D eigenvalue weighted by molar-refractivity contribution is 5.95. The summed E-state index contributed by atoms with van der Waals surface area (Å²) in [7, 11) is 0. The first kappa shape index (κ1) is 16.8. The quantitative estimate of drug-likeness (QED) is 0.822. The zero-order valence-corrected chi connectivity index (χ0v) is 14.9. The molecule has 7 nitrogen and oxygen atoms in total. The Morgan fingerprint density at radius 1 is 1.19 bits per heavy atom. The van der Waals surface area contributed by atoms with Crippen LogP contribution in [0.4, 0.5) is 11.6 Å². The van der Waals surface area contributed by atoms with Gasteiger partial charge in [-0.05, 0) is 25.0 Å². The van der Waals surface area contributed by atoms with Gasteiger partial charge in [0.25, 0.3) is 5.56 Å². The van der Waals surface area contributed by atoms with Gasteiger partial charge in [-0.1, -0.05) is 18.2 Å². The molecule has 0 atom stereocenters. The first-order chi connectivity index (χ1) is 12.6.